The van der Waals surface area contributed by atoms with Gasteiger partial charge in [0.2, 0.25) is 5.91 Å². The normalized spacial score (nSPS) is 24.1. The standard InChI is InChI=1S/C20H28N2O3/c1-3-11-21-12-6-9-20(10-13-21)16-22(19(23)15-24-2)14-17-7-4-5-8-18(17)25-20/h3-5,7-8H,1,6,9-16H2,2H3/t20-/m0/s1. The zero-order valence-electron chi connectivity index (χ0n) is 15.1. The van der Waals surface area contributed by atoms with Gasteiger partial charge >= 0.3 is 0 Å². The zero-order chi connectivity index (χ0) is 17.7. The number of hydrogen-bond acceptors (Lipinski definition) is 4. The molecule has 1 fully saturated rings. The number of hydrogen-bond donors (Lipinski definition) is 0. The van der Waals surface area contributed by atoms with Gasteiger partial charge in [-0.2, -0.15) is 0 Å². The summed E-state index contributed by atoms with van der Waals surface area (Å²) in [5.74, 6) is 0.932. The van der Waals surface area contributed by atoms with Crippen molar-refractivity contribution in [2.75, 3.05) is 39.9 Å². The Hall–Kier alpha value is -1.85. The van der Waals surface area contributed by atoms with Gasteiger partial charge in [0.15, 0.2) is 0 Å². The summed E-state index contributed by atoms with van der Waals surface area (Å²) in [7, 11) is 1.56. The molecule has 1 saturated heterocycles. The van der Waals surface area contributed by atoms with Gasteiger partial charge in [-0.3, -0.25) is 9.69 Å². The van der Waals surface area contributed by atoms with Crippen molar-refractivity contribution in [2.24, 2.45) is 0 Å². The topological polar surface area (TPSA) is 42.0 Å². The molecule has 5 nitrogen and oxygen atoms in total. The first-order chi connectivity index (χ1) is 12.2. The van der Waals surface area contributed by atoms with Crippen molar-refractivity contribution in [3.8, 4) is 5.75 Å². The van der Waals surface area contributed by atoms with Crippen molar-refractivity contribution >= 4 is 5.91 Å². The van der Waals surface area contributed by atoms with Gasteiger partial charge in [0, 0.05) is 38.7 Å². The van der Waals surface area contributed by atoms with Gasteiger partial charge in [0.05, 0.1) is 6.54 Å². The first kappa shape index (κ1) is 18.0. The second-order valence-corrected chi connectivity index (χ2v) is 7.02. The van der Waals surface area contributed by atoms with Crippen molar-refractivity contribution in [3.05, 3.63) is 42.5 Å². The summed E-state index contributed by atoms with van der Waals surface area (Å²) < 4.78 is 11.6. The molecule has 0 unspecified atom stereocenters. The highest BCUT2D eigenvalue weighted by atomic mass is 16.5. The maximum atomic E-state index is 12.6. The number of amides is 1. The predicted octanol–water partition coefficient (Wildman–Crippen LogP) is 2.46. The average Bonchev–Trinajstić information content (AvgIpc) is 2.89. The Morgan fingerprint density at radius 3 is 3.00 bits per heavy atom. The van der Waals surface area contributed by atoms with Gasteiger partial charge in [-0.1, -0.05) is 24.3 Å². The van der Waals surface area contributed by atoms with Crippen LogP contribution in [0.15, 0.2) is 36.9 Å². The molecule has 1 atom stereocenters. The number of carbonyl (C=O) groups excluding carboxylic acids is 1. The van der Waals surface area contributed by atoms with Crippen LogP contribution >= 0.6 is 0 Å². The van der Waals surface area contributed by atoms with Crippen LogP contribution in [0, 0.1) is 0 Å². The predicted molar refractivity (Wildman–Crippen MR) is 97.6 cm³/mol. The van der Waals surface area contributed by atoms with E-state index < -0.39 is 0 Å². The molecule has 2 heterocycles. The van der Waals surface area contributed by atoms with Crippen LogP contribution < -0.4 is 4.74 Å². The van der Waals surface area contributed by atoms with Gasteiger partial charge < -0.3 is 14.4 Å². The molecular formula is C20H28N2O3. The van der Waals surface area contributed by atoms with Crippen molar-refractivity contribution < 1.29 is 14.3 Å². The number of ether oxygens (including phenoxy) is 2. The minimum absolute atomic E-state index is 0.0226. The molecule has 25 heavy (non-hydrogen) atoms. The van der Waals surface area contributed by atoms with Crippen LogP contribution in [-0.4, -0.2) is 61.2 Å². The molecule has 1 aromatic carbocycles. The molecule has 0 radical (unpaired) electrons. The maximum Gasteiger partial charge on any atom is 0.248 e. The first-order valence-electron chi connectivity index (χ1n) is 9.03. The van der Waals surface area contributed by atoms with Gasteiger partial charge in [-0.15, -0.1) is 6.58 Å². The summed E-state index contributed by atoms with van der Waals surface area (Å²) in [6.07, 6.45) is 4.87. The highest BCUT2D eigenvalue weighted by molar-refractivity contribution is 5.77. The Morgan fingerprint density at radius 1 is 1.36 bits per heavy atom. The number of methoxy groups -OCH3 is 1. The van der Waals surface area contributed by atoms with Crippen LogP contribution in [0.1, 0.15) is 24.8 Å². The maximum absolute atomic E-state index is 12.6. The number of rotatable bonds is 4. The summed E-state index contributed by atoms with van der Waals surface area (Å²) in [5.41, 5.74) is 0.738. The van der Waals surface area contributed by atoms with Crippen molar-refractivity contribution in [1.82, 2.24) is 9.80 Å². The van der Waals surface area contributed by atoms with Crippen LogP contribution in [0.3, 0.4) is 0 Å². The molecule has 0 bridgehead atoms. The summed E-state index contributed by atoms with van der Waals surface area (Å²) in [6, 6.07) is 8.06. The molecular weight excluding hydrogens is 316 g/mol. The second-order valence-electron chi connectivity index (χ2n) is 7.02. The van der Waals surface area contributed by atoms with Crippen LogP contribution in [0.5, 0.6) is 5.75 Å². The number of nitrogens with zero attached hydrogens (tertiary/aromatic N) is 2. The molecule has 5 heteroatoms. The van der Waals surface area contributed by atoms with E-state index in [1.807, 2.05) is 35.2 Å². The number of fused-ring (bicyclic) bond motifs is 1. The minimum atomic E-state index is -0.327. The lowest BCUT2D eigenvalue weighted by atomic mass is 9.93. The van der Waals surface area contributed by atoms with Crippen LogP contribution in [0.4, 0.5) is 0 Å². The summed E-state index contributed by atoms with van der Waals surface area (Å²) in [4.78, 5) is 16.9. The molecule has 2 aliphatic rings. The van der Waals surface area contributed by atoms with Crippen LogP contribution in [0.25, 0.3) is 0 Å². The molecule has 2 aliphatic heterocycles. The average molecular weight is 344 g/mol. The molecule has 0 saturated carbocycles. The molecule has 0 N–H and O–H groups in total. The van der Waals surface area contributed by atoms with E-state index in [1.165, 1.54) is 0 Å². The van der Waals surface area contributed by atoms with Gasteiger partial charge in [-0.25, -0.2) is 0 Å². The Morgan fingerprint density at radius 2 is 2.20 bits per heavy atom. The minimum Gasteiger partial charge on any atom is -0.485 e. The largest absolute Gasteiger partial charge is 0.485 e. The molecule has 1 amide bonds. The molecule has 136 valence electrons. The van der Waals surface area contributed by atoms with Gasteiger partial charge in [-0.05, 0) is 25.5 Å². The molecule has 1 spiro atoms. The lowest BCUT2D eigenvalue weighted by Gasteiger charge is -2.35. The first-order valence-corrected chi connectivity index (χ1v) is 9.03. The van der Waals surface area contributed by atoms with E-state index in [4.69, 9.17) is 9.47 Å². The third-order valence-electron chi connectivity index (χ3n) is 5.14. The monoisotopic (exact) mass is 344 g/mol. The summed E-state index contributed by atoms with van der Waals surface area (Å²) in [6.45, 7) is 8.07. The zero-order valence-corrected chi connectivity index (χ0v) is 15.1. The van der Waals surface area contributed by atoms with E-state index in [-0.39, 0.29) is 18.1 Å². The molecule has 0 aromatic heterocycles. The molecule has 3 rings (SSSR count). The van der Waals surface area contributed by atoms with E-state index in [0.29, 0.717) is 13.1 Å². The second kappa shape index (κ2) is 8.02. The third-order valence-corrected chi connectivity index (χ3v) is 5.14. The van der Waals surface area contributed by atoms with E-state index >= 15 is 0 Å². The molecule has 0 aliphatic carbocycles. The van der Waals surface area contributed by atoms with Gasteiger partial charge in [0.1, 0.15) is 18.0 Å². The fraction of sp³-hybridized carbons (Fsp3) is 0.550. The fourth-order valence-corrected chi connectivity index (χ4v) is 3.85. The number of likely N-dealkylation sites (tertiary alicyclic amines) is 1. The lowest BCUT2D eigenvalue weighted by Crippen LogP contribution is -2.48. The number of benzene rings is 1. The van der Waals surface area contributed by atoms with Crippen molar-refractivity contribution in [2.45, 2.75) is 31.4 Å². The molecule has 1 aromatic rings. The fourth-order valence-electron chi connectivity index (χ4n) is 3.85. The van der Waals surface area contributed by atoms with Crippen molar-refractivity contribution in [3.63, 3.8) is 0 Å². The van der Waals surface area contributed by atoms with E-state index in [2.05, 4.69) is 11.5 Å². The Bertz CT molecular complexity index is 619. The van der Waals surface area contributed by atoms with Gasteiger partial charge in [0.25, 0.3) is 0 Å². The SMILES string of the molecule is C=CCN1CCC[C@]2(CC1)CN(C(=O)COC)Cc1ccccc1O2. The van der Waals surface area contributed by atoms with E-state index in [1.54, 1.807) is 7.11 Å². The Labute approximate surface area is 150 Å². The van der Waals surface area contributed by atoms with Crippen molar-refractivity contribution in [1.29, 1.82) is 0 Å². The van der Waals surface area contributed by atoms with E-state index in [9.17, 15) is 4.79 Å². The lowest BCUT2D eigenvalue weighted by molar-refractivity contribution is -0.138. The van der Waals surface area contributed by atoms with Crippen LogP contribution in [0.2, 0.25) is 0 Å². The Kier molecular flexibility index (Phi) is 5.76. The summed E-state index contributed by atoms with van der Waals surface area (Å²) in [5, 5.41) is 0. The summed E-state index contributed by atoms with van der Waals surface area (Å²) >= 11 is 0. The third kappa shape index (κ3) is 4.22. The number of carbonyl (C=O) groups is 1. The highest BCUT2D eigenvalue weighted by Gasteiger charge is 2.40. The van der Waals surface area contributed by atoms with Crippen LogP contribution in [-0.2, 0) is 16.1 Å². The smallest absolute Gasteiger partial charge is 0.248 e. The number of para-hydroxylation sites is 1. The Balaban J connectivity index is 1.87. The quantitative estimate of drug-likeness (QED) is 0.787. The highest BCUT2D eigenvalue weighted by Crippen LogP contribution is 2.35. The van der Waals surface area contributed by atoms with E-state index in [0.717, 1.165) is 50.2 Å².